The van der Waals surface area contributed by atoms with E-state index in [0.717, 1.165) is 37.0 Å². The Balaban J connectivity index is 1.42. The fraction of sp³-hybridized carbons (Fsp3) is 0.562. The Morgan fingerprint density at radius 3 is 2.91 bits per heavy atom. The molecule has 122 valence electrons. The second kappa shape index (κ2) is 5.72. The van der Waals surface area contributed by atoms with E-state index in [4.69, 9.17) is 9.15 Å². The molecule has 0 aromatic carbocycles. The van der Waals surface area contributed by atoms with E-state index in [2.05, 4.69) is 20.1 Å². The molecule has 1 saturated carbocycles. The fourth-order valence-corrected chi connectivity index (χ4v) is 2.84. The third-order valence-electron chi connectivity index (χ3n) is 4.24. The van der Waals surface area contributed by atoms with Gasteiger partial charge in [0.1, 0.15) is 6.10 Å². The molecule has 1 aliphatic carbocycles. The minimum absolute atomic E-state index is 0.106. The normalized spacial score (nSPS) is 20.8. The molecule has 2 fully saturated rings. The van der Waals surface area contributed by atoms with Crippen LogP contribution in [0.15, 0.2) is 22.7 Å². The lowest BCUT2D eigenvalue weighted by Gasteiger charge is -2.19. The molecule has 1 atom stereocenters. The van der Waals surface area contributed by atoms with E-state index in [1.807, 2.05) is 31.1 Å². The van der Waals surface area contributed by atoms with Gasteiger partial charge in [-0.05, 0) is 25.0 Å². The lowest BCUT2D eigenvalue weighted by molar-refractivity contribution is 0.224. The Bertz CT molecular complexity index is 683. The molecule has 2 aliphatic rings. The molecule has 0 amide bonds. The third-order valence-corrected chi connectivity index (χ3v) is 4.24. The summed E-state index contributed by atoms with van der Waals surface area (Å²) in [5, 5.41) is 8.33. The zero-order chi connectivity index (χ0) is 15.8. The second-order valence-electron chi connectivity index (χ2n) is 6.39. The third kappa shape index (κ3) is 2.95. The molecule has 1 unspecified atom stereocenters. The number of aromatic nitrogens is 3. The maximum absolute atomic E-state index is 6.15. The lowest BCUT2D eigenvalue weighted by atomic mass is 10.3. The molecule has 3 heterocycles. The van der Waals surface area contributed by atoms with Gasteiger partial charge in [0.05, 0.1) is 6.54 Å². The maximum Gasteiger partial charge on any atom is 0.318 e. The van der Waals surface area contributed by atoms with Crippen LogP contribution in [0.1, 0.15) is 31.1 Å². The van der Waals surface area contributed by atoms with Gasteiger partial charge in [-0.15, -0.1) is 5.10 Å². The van der Waals surface area contributed by atoms with Crippen LogP contribution in [-0.2, 0) is 0 Å². The van der Waals surface area contributed by atoms with E-state index in [-0.39, 0.29) is 6.10 Å². The Morgan fingerprint density at radius 2 is 2.13 bits per heavy atom. The molecule has 2 aromatic rings. The number of hydrogen-bond donors (Lipinski definition) is 0. The number of nitrogens with zero attached hydrogens (tertiary/aromatic N) is 5. The van der Waals surface area contributed by atoms with Gasteiger partial charge < -0.3 is 19.0 Å². The summed E-state index contributed by atoms with van der Waals surface area (Å²) in [7, 11) is 3.93. The zero-order valence-electron chi connectivity index (χ0n) is 13.5. The van der Waals surface area contributed by atoms with Gasteiger partial charge in [0, 0.05) is 39.2 Å². The van der Waals surface area contributed by atoms with Crippen LogP contribution in [0.5, 0.6) is 5.75 Å². The van der Waals surface area contributed by atoms with Gasteiger partial charge in [-0.3, -0.25) is 0 Å². The van der Waals surface area contributed by atoms with Crippen LogP contribution in [0.25, 0.3) is 0 Å². The van der Waals surface area contributed by atoms with Crippen molar-refractivity contribution < 1.29 is 9.15 Å². The molecule has 0 radical (unpaired) electrons. The SMILES string of the molecule is CN(C)c1ncccc1OC1CCN(c2nnc(C3CC3)o2)C1. The van der Waals surface area contributed by atoms with E-state index in [0.29, 0.717) is 11.9 Å². The van der Waals surface area contributed by atoms with Crippen LogP contribution in [0.4, 0.5) is 11.8 Å². The van der Waals surface area contributed by atoms with Crippen molar-refractivity contribution in [1.29, 1.82) is 0 Å². The smallest absolute Gasteiger partial charge is 0.318 e. The standard InChI is InChI=1S/C16H21N5O2/c1-20(2)14-13(4-3-8-17-14)22-12-7-9-21(10-12)16-19-18-15(23-16)11-5-6-11/h3-4,8,11-12H,5-7,9-10H2,1-2H3. The van der Waals surface area contributed by atoms with Crippen molar-refractivity contribution in [2.45, 2.75) is 31.3 Å². The highest BCUT2D eigenvalue weighted by Crippen LogP contribution is 2.40. The summed E-state index contributed by atoms with van der Waals surface area (Å²) < 4.78 is 11.9. The van der Waals surface area contributed by atoms with Gasteiger partial charge in [-0.1, -0.05) is 5.10 Å². The largest absolute Gasteiger partial charge is 0.485 e. The molecule has 7 nitrogen and oxygen atoms in total. The predicted molar refractivity (Wildman–Crippen MR) is 86.1 cm³/mol. The summed E-state index contributed by atoms with van der Waals surface area (Å²) in [6, 6.07) is 4.48. The predicted octanol–water partition coefficient (Wildman–Crippen LogP) is 2.07. The van der Waals surface area contributed by atoms with Crippen LogP contribution in [0.2, 0.25) is 0 Å². The summed E-state index contributed by atoms with van der Waals surface area (Å²) >= 11 is 0. The second-order valence-corrected chi connectivity index (χ2v) is 6.39. The fourth-order valence-electron chi connectivity index (χ4n) is 2.84. The van der Waals surface area contributed by atoms with Crippen molar-refractivity contribution in [3.8, 4) is 5.75 Å². The van der Waals surface area contributed by atoms with E-state index in [9.17, 15) is 0 Å². The summed E-state index contributed by atoms with van der Waals surface area (Å²) in [5.41, 5.74) is 0. The maximum atomic E-state index is 6.15. The minimum Gasteiger partial charge on any atom is -0.485 e. The van der Waals surface area contributed by atoms with E-state index < -0.39 is 0 Å². The minimum atomic E-state index is 0.106. The molecule has 7 heteroatoms. The van der Waals surface area contributed by atoms with Crippen molar-refractivity contribution in [3.05, 3.63) is 24.2 Å². The average molecular weight is 315 g/mol. The van der Waals surface area contributed by atoms with E-state index in [1.54, 1.807) is 6.20 Å². The quantitative estimate of drug-likeness (QED) is 0.836. The molecule has 0 N–H and O–H groups in total. The summed E-state index contributed by atoms with van der Waals surface area (Å²) in [4.78, 5) is 8.44. The first-order valence-electron chi connectivity index (χ1n) is 8.08. The van der Waals surface area contributed by atoms with Crippen LogP contribution in [0, 0.1) is 0 Å². The number of rotatable bonds is 5. The molecular weight excluding hydrogens is 294 g/mol. The Morgan fingerprint density at radius 1 is 1.26 bits per heavy atom. The molecule has 0 bridgehead atoms. The van der Waals surface area contributed by atoms with Gasteiger partial charge in [0.25, 0.3) is 0 Å². The summed E-state index contributed by atoms with van der Waals surface area (Å²) in [6.45, 7) is 1.63. The molecule has 1 saturated heterocycles. The van der Waals surface area contributed by atoms with Crippen molar-refractivity contribution in [3.63, 3.8) is 0 Å². The van der Waals surface area contributed by atoms with Crippen molar-refractivity contribution in [2.24, 2.45) is 0 Å². The van der Waals surface area contributed by atoms with Crippen molar-refractivity contribution in [2.75, 3.05) is 37.0 Å². The molecule has 4 rings (SSSR count). The van der Waals surface area contributed by atoms with Crippen molar-refractivity contribution in [1.82, 2.24) is 15.2 Å². The summed E-state index contributed by atoms with van der Waals surface area (Å²) in [6.07, 6.45) is 5.15. The van der Waals surface area contributed by atoms with Gasteiger partial charge in [0.2, 0.25) is 5.89 Å². The van der Waals surface area contributed by atoms with Gasteiger partial charge in [-0.2, -0.15) is 0 Å². The Kier molecular flexibility index (Phi) is 3.55. The summed E-state index contributed by atoms with van der Waals surface area (Å²) in [5.74, 6) is 2.93. The van der Waals surface area contributed by atoms with Gasteiger partial charge in [-0.25, -0.2) is 4.98 Å². The molecule has 23 heavy (non-hydrogen) atoms. The first-order valence-corrected chi connectivity index (χ1v) is 8.08. The number of pyridine rings is 1. The monoisotopic (exact) mass is 315 g/mol. The average Bonchev–Trinajstić information content (AvgIpc) is 3.09. The van der Waals surface area contributed by atoms with Crippen LogP contribution in [0.3, 0.4) is 0 Å². The zero-order valence-corrected chi connectivity index (χ0v) is 13.5. The highest BCUT2D eigenvalue weighted by atomic mass is 16.5. The number of ether oxygens (including phenoxy) is 1. The molecule has 0 spiro atoms. The topological polar surface area (TPSA) is 67.5 Å². The van der Waals surface area contributed by atoms with Gasteiger partial charge >= 0.3 is 6.01 Å². The molecule has 2 aromatic heterocycles. The van der Waals surface area contributed by atoms with Gasteiger partial charge in [0.15, 0.2) is 11.6 Å². The highest BCUT2D eigenvalue weighted by molar-refractivity contribution is 5.51. The highest BCUT2D eigenvalue weighted by Gasteiger charge is 2.32. The molecular formula is C16H21N5O2. The number of anilines is 2. The number of hydrogen-bond acceptors (Lipinski definition) is 7. The van der Waals surface area contributed by atoms with E-state index >= 15 is 0 Å². The van der Waals surface area contributed by atoms with Crippen molar-refractivity contribution >= 4 is 11.8 Å². The first kappa shape index (κ1) is 14.3. The first-order chi connectivity index (χ1) is 11.2. The van der Waals surface area contributed by atoms with E-state index in [1.165, 1.54) is 12.8 Å². The van der Waals surface area contributed by atoms with Crippen LogP contribution in [-0.4, -0.2) is 48.5 Å². The van der Waals surface area contributed by atoms with Crippen LogP contribution >= 0.6 is 0 Å². The Hall–Kier alpha value is -2.31. The van der Waals surface area contributed by atoms with Crippen LogP contribution < -0.4 is 14.5 Å². The molecule has 1 aliphatic heterocycles. The Labute approximate surface area is 135 Å². The lowest BCUT2D eigenvalue weighted by Crippen LogP contribution is -2.25.